The second-order valence-electron chi connectivity index (χ2n) is 3.08. The second kappa shape index (κ2) is 3.19. The molecule has 0 aliphatic carbocycles. The van der Waals surface area contributed by atoms with Gasteiger partial charge in [-0.15, -0.1) is 0 Å². The molecule has 16 heavy (non-hydrogen) atoms. The highest BCUT2D eigenvalue weighted by Gasteiger charge is 2.38. The van der Waals surface area contributed by atoms with E-state index < -0.39 is 22.4 Å². The van der Waals surface area contributed by atoms with Gasteiger partial charge in [-0.05, 0) is 6.07 Å². The van der Waals surface area contributed by atoms with Gasteiger partial charge in [-0.3, -0.25) is 15.2 Å². The number of aromatic amines is 1. The van der Waals surface area contributed by atoms with Gasteiger partial charge in [0.05, 0.1) is 16.6 Å². The molecule has 0 saturated carbocycles. The number of benzene rings is 1. The van der Waals surface area contributed by atoms with Crippen LogP contribution >= 0.6 is 0 Å². The summed E-state index contributed by atoms with van der Waals surface area (Å²) in [6.45, 7) is 0. The average molecular weight is 231 g/mol. The zero-order valence-electron chi connectivity index (χ0n) is 7.58. The van der Waals surface area contributed by atoms with Crippen molar-refractivity contribution < 1.29 is 18.1 Å². The molecule has 1 heterocycles. The van der Waals surface area contributed by atoms with Crippen molar-refractivity contribution in [2.24, 2.45) is 0 Å². The van der Waals surface area contributed by atoms with Gasteiger partial charge in [0.25, 0.3) is 5.69 Å². The minimum absolute atomic E-state index is 0.179. The van der Waals surface area contributed by atoms with Crippen LogP contribution in [0.3, 0.4) is 0 Å². The lowest BCUT2D eigenvalue weighted by molar-refractivity contribution is -0.387. The highest BCUT2D eigenvalue weighted by Crippen LogP contribution is 2.37. The number of alkyl halides is 3. The van der Waals surface area contributed by atoms with Crippen LogP contribution in [0.4, 0.5) is 18.9 Å². The SMILES string of the molecule is O=[N+]([O-])c1cc2[nH]ncc2cc1C(F)(F)F. The lowest BCUT2D eigenvalue weighted by Crippen LogP contribution is -2.08. The Hall–Kier alpha value is -2.12. The standard InChI is InChI=1S/C8H4F3N3O2/c9-8(10,11)5-1-4-3-12-13-6(4)2-7(5)14(15)16/h1-3H,(H,12,13). The van der Waals surface area contributed by atoms with Gasteiger partial charge >= 0.3 is 6.18 Å². The number of nitro groups is 1. The molecule has 0 aliphatic heterocycles. The summed E-state index contributed by atoms with van der Waals surface area (Å²) in [6, 6.07) is 1.53. The van der Waals surface area contributed by atoms with Gasteiger partial charge in [-0.2, -0.15) is 18.3 Å². The van der Waals surface area contributed by atoms with Crippen molar-refractivity contribution in [2.45, 2.75) is 6.18 Å². The third-order valence-electron chi connectivity index (χ3n) is 2.06. The van der Waals surface area contributed by atoms with E-state index in [9.17, 15) is 23.3 Å². The summed E-state index contributed by atoms with van der Waals surface area (Å²) in [5.41, 5.74) is -2.06. The molecule has 8 heteroatoms. The molecule has 0 radical (unpaired) electrons. The van der Waals surface area contributed by atoms with E-state index in [1.54, 1.807) is 0 Å². The summed E-state index contributed by atoms with van der Waals surface area (Å²) in [7, 11) is 0. The zero-order chi connectivity index (χ0) is 11.9. The number of nitrogens with one attached hydrogen (secondary N) is 1. The van der Waals surface area contributed by atoms with Gasteiger partial charge in [0.15, 0.2) is 0 Å². The first-order chi connectivity index (χ1) is 7.39. The Bertz CT molecular complexity index is 561. The number of hydrogen-bond donors (Lipinski definition) is 1. The van der Waals surface area contributed by atoms with Crippen molar-refractivity contribution in [3.8, 4) is 0 Å². The Morgan fingerprint density at radius 1 is 1.38 bits per heavy atom. The van der Waals surface area contributed by atoms with Crippen molar-refractivity contribution in [1.82, 2.24) is 10.2 Å². The number of fused-ring (bicyclic) bond motifs is 1. The molecular weight excluding hydrogens is 227 g/mol. The van der Waals surface area contributed by atoms with Gasteiger partial charge in [0.1, 0.15) is 5.56 Å². The molecule has 84 valence electrons. The number of nitro benzene ring substituents is 1. The molecule has 0 unspecified atom stereocenters. The van der Waals surface area contributed by atoms with E-state index in [2.05, 4.69) is 10.2 Å². The first-order valence-corrected chi connectivity index (χ1v) is 4.08. The van der Waals surface area contributed by atoms with Gasteiger partial charge in [-0.25, -0.2) is 0 Å². The van der Waals surface area contributed by atoms with Gasteiger partial charge in [-0.1, -0.05) is 0 Å². The minimum atomic E-state index is -4.76. The van der Waals surface area contributed by atoms with Crippen LogP contribution in [0.15, 0.2) is 18.3 Å². The summed E-state index contributed by atoms with van der Waals surface area (Å²) < 4.78 is 37.5. The van der Waals surface area contributed by atoms with Crippen molar-refractivity contribution in [3.63, 3.8) is 0 Å². The van der Waals surface area contributed by atoms with Gasteiger partial charge in [0.2, 0.25) is 0 Å². The van der Waals surface area contributed by atoms with Crippen LogP contribution in [0.5, 0.6) is 0 Å². The van der Waals surface area contributed by atoms with E-state index in [4.69, 9.17) is 0 Å². The first kappa shape index (κ1) is 10.4. The molecule has 0 amide bonds. The number of aromatic nitrogens is 2. The smallest absolute Gasteiger partial charge is 0.278 e. The fraction of sp³-hybridized carbons (Fsp3) is 0.125. The average Bonchev–Trinajstić information content (AvgIpc) is 2.60. The maximum atomic E-state index is 12.5. The van der Waals surface area contributed by atoms with E-state index in [1.807, 2.05) is 0 Å². The number of H-pyrrole nitrogens is 1. The topological polar surface area (TPSA) is 71.8 Å². The molecule has 2 aromatic rings. The number of nitrogens with zero attached hydrogens (tertiary/aromatic N) is 2. The molecule has 0 aliphatic rings. The Kier molecular flexibility index (Phi) is 2.07. The van der Waals surface area contributed by atoms with Crippen LogP contribution in [0, 0.1) is 10.1 Å². The minimum Gasteiger partial charge on any atom is -0.278 e. The van der Waals surface area contributed by atoms with Crippen LogP contribution in [0.1, 0.15) is 5.56 Å². The Morgan fingerprint density at radius 2 is 2.06 bits per heavy atom. The normalized spacial score (nSPS) is 11.9. The number of halogens is 3. The maximum Gasteiger partial charge on any atom is 0.423 e. The molecule has 0 bridgehead atoms. The monoisotopic (exact) mass is 231 g/mol. The lowest BCUT2D eigenvalue weighted by Gasteiger charge is -2.06. The molecule has 0 saturated heterocycles. The number of rotatable bonds is 1. The van der Waals surface area contributed by atoms with Crippen molar-refractivity contribution in [3.05, 3.63) is 34.0 Å². The van der Waals surface area contributed by atoms with E-state index in [-0.39, 0.29) is 10.9 Å². The van der Waals surface area contributed by atoms with Crippen molar-refractivity contribution >= 4 is 16.6 Å². The van der Waals surface area contributed by atoms with Crippen LogP contribution in [0.25, 0.3) is 10.9 Å². The van der Waals surface area contributed by atoms with Crippen LogP contribution in [0.2, 0.25) is 0 Å². The van der Waals surface area contributed by atoms with E-state index in [0.29, 0.717) is 6.07 Å². The molecule has 0 spiro atoms. The summed E-state index contributed by atoms with van der Waals surface area (Å²) in [5.74, 6) is 0. The fourth-order valence-electron chi connectivity index (χ4n) is 1.36. The van der Waals surface area contributed by atoms with Gasteiger partial charge in [0, 0.05) is 11.5 Å². The first-order valence-electron chi connectivity index (χ1n) is 4.08. The molecule has 1 aromatic heterocycles. The van der Waals surface area contributed by atoms with Crippen molar-refractivity contribution in [2.75, 3.05) is 0 Å². The summed E-state index contributed by atoms with van der Waals surface area (Å²) in [4.78, 5) is 9.44. The summed E-state index contributed by atoms with van der Waals surface area (Å²) in [5, 5.41) is 16.6. The Balaban J connectivity index is 2.77. The maximum absolute atomic E-state index is 12.5. The fourth-order valence-corrected chi connectivity index (χ4v) is 1.36. The van der Waals surface area contributed by atoms with E-state index in [1.165, 1.54) is 6.20 Å². The molecule has 0 atom stereocenters. The quantitative estimate of drug-likeness (QED) is 0.605. The zero-order valence-corrected chi connectivity index (χ0v) is 7.58. The lowest BCUT2D eigenvalue weighted by atomic mass is 10.1. The summed E-state index contributed by atoms with van der Waals surface area (Å²) >= 11 is 0. The summed E-state index contributed by atoms with van der Waals surface area (Å²) in [6.07, 6.45) is -3.58. The second-order valence-corrected chi connectivity index (χ2v) is 3.08. The third kappa shape index (κ3) is 1.58. The third-order valence-corrected chi connectivity index (χ3v) is 2.06. The van der Waals surface area contributed by atoms with Crippen molar-refractivity contribution in [1.29, 1.82) is 0 Å². The molecular formula is C8H4F3N3O2. The molecule has 5 nitrogen and oxygen atoms in total. The van der Waals surface area contributed by atoms with E-state index in [0.717, 1.165) is 6.07 Å². The van der Waals surface area contributed by atoms with Crippen LogP contribution < -0.4 is 0 Å². The molecule has 2 rings (SSSR count). The predicted molar refractivity (Wildman–Crippen MR) is 47.8 cm³/mol. The van der Waals surface area contributed by atoms with Crippen LogP contribution in [-0.2, 0) is 6.18 Å². The Labute approximate surface area is 86.0 Å². The van der Waals surface area contributed by atoms with Gasteiger partial charge < -0.3 is 0 Å². The Morgan fingerprint density at radius 3 is 2.62 bits per heavy atom. The molecule has 1 aromatic carbocycles. The van der Waals surface area contributed by atoms with Crippen LogP contribution in [-0.4, -0.2) is 15.1 Å². The molecule has 1 N–H and O–H groups in total. The predicted octanol–water partition coefficient (Wildman–Crippen LogP) is 2.49. The highest BCUT2D eigenvalue weighted by atomic mass is 19.4. The number of hydrogen-bond acceptors (Lipinski definition) is 3. The molecule has 0 fully saturated rings. The highest BCUT2D eigenvalue weighted by molar-refractivity contribution is 5.82. The largest absolute Gasteiger partial charge is 0.423 e. The van der Waals surface area contributed by atoms with E-state index >= 15 is 0 Å².